The highest BCUT2D eigenvalue weighted by Gasteiger charge is 1.88. The number of hydrazine groups is 1. The van der Waals surface area contributed by atoms with Gasteiger partial charge in [-0.3, -0.25) is 0 Å². The van der Waals surface area contributed by atoms with E-state index >= 15 is 0 Å². The molecule has 0 aliphatic carbocycles. The minimum absolute atomic E-state index is 0.557. The molecular weight excluding hydrogens is 150 g/mol. The Bertz CT molecular complexity index is 277. The van der Waals surface area contributed by atoms with Gasteiger partial charge in [0, 0.05) is 0 Å². The van der Waals surface area contributed by atoms with Crippen LogP contribution in [0.15, 0.2) is 48.0 Å². The summed E-state index contributed by atoms with van der Waals surface area (Å²) in [5.41, 5.74) is 3.28. The van der Waals surface area contributed by atoms with Gasteiger partial charge in [-0.2, -0.15) is 0 Å². The third-order valence-corrected chi connectivity index (χ3v) is 1.35. The Labute approximate surface area is 71.6 Å². The highest BCUT2D eigenvalue weighted by atomic mass is 15.2. The van der Waals surface area contributed by atoms with Gasteiger partial charge in [-0.1, -0.05) is 24.8 Å². The number of hydrogen-bond donors (Lipinski definition) is 2. The third kappa shape index (κ3) is 2.21. The topological polar surface area (TPSA) is 50.4 Å². The Hall–Kier alpha value is -1.61. The molecule has 3 nitrogen and oxygen atoms in total. The molecule has 0 aliphatic rings. The van der Waals surface area contributed by atoms with E-state index in [0.29, 0.717) is 5.84 Å². The largest absolute Gasteiger partial charge is 0.308 e. The summed E-state index contributed by atoms with van der Waals surface area (Å²) >= 11 is 0. The average molecular weight is 161 g/mol. The molecule has 0 aliphatic heterocycles. The van der Waals surface area contributed by atoms with Crippen molar-refractivity contribution < 1.29 is 0 Å². The van der Waals surface area contributed by atoms with Crippen LogP contribution < -0.4 is 11.3 Å². The highest BCUT2D eigenvalue weighted by Crippen LogP contribution is 2.09. The van der Waals surface area contributed by atoms with Crippen molar-refractivity contribution in [1.82, 2.24) is 5.43 Å². The van der Waals surface area contributed by atoms with Crippen molar-refractivity contribution in [2.75, 3.05) is 0 Å². The van der Waals surface area contributed by atoms with E-state index in [9.17, 15) is 0 Å². The maximum Gasteiger partial charge on any atom is 0.139 e. The molecule has 0 spiro atoms. The second-order valence-corrected chi connectivity index (χ2v) is 2.18. The zero-order chi connectivity index (χ0) is 8.81. The molecule has 0 heterocycles. The lowest BCUT2D eigenvalue weighted by Crippen LogP contribution is -2.28. The molecule has 1 aromatic rings. The van der Waals surface area contributed by atoms with Crippen LogP contribution in [-0.2, 0) is 0 Å². The van der Waals surface area contributed by atoms with E-state index in [1.165, 1.54) is 0 Å². The van der Waals surface area contributed by atoms with Gasteiger partial charge in [0.05, 0.1) is 5.69 Å². The summed E-state index contributed by atoms with van der Waals surface area (Å²) < 4.78 is 0. The van der Waals surface area contributed by atoms with Crippen LogP contribution in [0.4, 0.5) is 5.69 Å². The van der Waals surface area contributed by atoms with Crippen LogP contribution in [0.25, 0.3) is 0 Å². The molecule has 0 fully saturated rings. The van der Waals surface area contributed by atoms with Gasteiger partial charge in [0.2, 0.25) is 0 Å². The Kier molecular flexibility index (Phi) is 3.04. The van der Waals surface area contributed by atoms with Gasteiger partial charge in [0.1, 0.15) is 5.84 Å². The van der Waals surface area contributed by atoms with Gasteiger partial charge in [-0.25, -0.2) is 10.8 Å². The van der Waals surface area contributed by atoms with Gasteiger partial charge in [0.25, 0.3) is 0 Å². The fourth-order valence-electron chi connectivity index (χ4n) is 0.778. The Morgan fingerprint density at radius 2 is 2.08 bits per heavy atom. The number of nitrogens with zero attached hydrogens (tertiary/aromatic N) is 1. The van der Waals surface area contributed by atoms with Crippen molar-refractivity contribution >= 4 is 11.5 Å². The first-order chi connectivity index (χ1) is 5.86. The molecule has 3 N–H and O–H groups in total. The van der Waals surface area contributed by atoms with Gasteiger partial charge in [-0.15, -0.1) is 0 Å². The van der Waals surface area contributed by atoms with Gasteiger partial charge >= 0.3 is 0 Å². The summed E-state index contributed by atoms with van der Waals surface area (Å²) in [6, 6.07) is 9.54. The Morgan fingerprint density at radius 1 is 1.42 bits per heavy atom. The first-order valence-electron chi connectivity index (χ1n) is 3.59. The van der Waals surface area contributed by atoms with Crippen LogP contribution in [0.5, 0.6) is 0 Å². The molecule has 0 radical (unpaired) electrons. The summed E-state index contributed by atoms with van der Waals surface area (Å²) in [5.74, 6) is 5.74. The van der Waals surface area contributed by atoms with E-state index in [1.807, 2.05) is 30.3 Å². The number of hydrogen-bond acceptors (Lipinski definition) is 2. The zero-order valence-corrected chi connectivity index (χ0v) is 6.70. The molecule has 62 valence electrons. The third-order valence-electron chi connectivity index (χ3n) is 1.35. The number of benzene rings is 1. The summed E-state index contributed by atoms with van der Waals surface area (Å²) in [5, 5.41) is 0. The van der Waals surface area contributed by atoms with Crippen LogP contribution in [0.2, 0.25) is 0 Å². The van der Waals surface area contributed by atoms with Gasteiger partial charge in [-0.05, 0) is 18.2 Å². The van der Waals surface area contributed by atoms with Crippen LogP contribution >= 0.6 is 0 Å². The molecule has 3 heteroatoms. The maximum atomic E-state index is 5.18. The van der Waals surface area contributed by atoms with E-state index in [1.54, 1.807) is 6.08 Å². The molecule has 0 amide bonds. The number of para-hydroxylation sites is 1. The highest BCUT2D eigenvalue weighted by molar-refractivity contribution is 5.93. The molecule has 0 saturated carbocycles. The lowest BCUT2D eigenvalue weighted by atomic mass is 10.3. The Balaban J connectivity index is 2.86. The summed E-state index contributed by atoms with van der Waals surface area (Å²) in [6.45, 7) is 3.55. The van der Waals surface area contributed by atoms with Crippen molar-refractivity contribution in [3.63, 3.8) is 0 Å². The fraction of sp³-hybridized carbons (Fsp3) is 0. The first-order valence-corrected chi connectivity index (χ1v) is 3.59. The zero-order valence-electron chi connectivity index (χ0n) is 6.70. The van der Waals surface area contributed by atoms with E-state index in [0.717, 1.165) is 5.69 Å². The predicted octanol–water partition coefficient (Wildman–Crippen LogP) is 1.37. The Morgan fingerprint density at radius 3 is 2.58 bits per heavy atom. The fourth-order valence-corrected chi connectivity index (χ4v) is 0.778. The first kappa shape index (κ1) is 8.49. The molecular formula is C9H11N3. The summed E-state index contributed by atoms with van der Waals surface area (Å²) in [6.07, 6.45) is 1.56. The number of nitrogens with one attached hydrogen (secondary N) is 1. The van der Waals surface area contributed by atoms with Crippen molar-refractivity contribution in [2.45, 2.75) is 0 Å². The van der Waals surface area contributed by atoms with Crippen molar-refractivity contribution in [1.29, 1.82) is 0 Å². The van der Waals surface area contributed by atoms with Crippen molar-refractivity contribution in [3.8, 4) is 0 Å². The smallest absolute Gasteiger partial charge is 0.139 e. The predicted molar refractivity (Wildman–Crippen MR) is 51.1 cm³/mol. The van der Waals surface area contributed by atoms with Crippen LogP contribution in [0.1, 0.15) is 0 Å². The minimum atomic E-state index is 0.557. The van der Waals surface area contributed by atoms with Crippen LogP contribution in [0.3, 0.4) is 0 Å². The number of rotatable bonds is 2. The molecule has 1 rings (SSSR count). The summed E-state index contributed by atoms with van der Waals surface area (Å²) in [4.78, 5) is 4.16. The van der Waals surface area contributed by atoms with Crippen molar-refractivity contribution in [2.24, 2.45) is 10.8 Å². The quantitative estimate of drug-likeness (QED) is 0.298. The average Bonchev–Trinajstić information content (AvgIpc) is 2.16. The summed E-state index contributed by atoms with van der Waals surface area (Å²) in [7, 11) is 0. The number of amidine groups is 1. The number of aliphatic imine (C=N–C) groups is 1. The minimum Gasteiger partial charge on any atom is -0.308 e. The van der Waals surface area contributed by atoms with Crippen LogP contribution in [-0.4, -0.2) is 5.84 Å². The van der Waals surface area contributed by atoms with E-state index in [2.05, 4.69) is 17.0 Å². The molecule has 12 heavy (non-hydrogen) atoms. The molecule has 0 saturated heterocycles. The second-order valence-electron chi connectivity index (χ2n) is 2.18. The SMILES string of the molecule is C=CC(=Nc1ccccc1)NN. The number of nitrogens with two attached hydrogens (primary N) is 1. The lowest BCUT2D eigenvalue weighted by molar-refractivity contribution is 1.03. The van der Waals surface area contributed by atoms with Gasteiger partial charge < -0.3 is 5.43 Å². The van der Waals surface area contributed by atoms with Crippen molar-refractivity contribution in [3.05, 3.63) is 43.0 Å². The van der Waals surface area contributed by atoms with Gasteiger partial charge in [0.15, 0.2) is 0 Å². The molecule has 0 bridgehead atoms. The normalized spacial score (nSPS) is 10.9. The van der Waals surface area contributed by atoms with E-state index in [-0.39, 0.29) is 0 Å². The molecule has 0 aromatic heterocycles. The van der Waals surface area contributed by atoms with E-state index in [4.69, 9.17) is 5.84 Å². The standard InChI is InChI=1S/C9H11N3/c1-2-9(12-10)11-8-6-4-3-5-7-8/h2-7H,1,10H2,(H,11,12). The monoisotopic (exact) mass is 161 g/mol. The molecule has 0 unspecified atom stereocenters. The van der Waals surface area contributed by atoms with Crippen LogP contribution in [0, 0.1) is 0 Å². The maximum absolute atomic E-state index is 5.18. The van der Waals surface area contributed by atoms with E-state index < -0.39 is 0 Å². The lowest BCUT2D eigenvalue weighted by Gasteiger charge is -1.98. The molecule has 0 atom stereocenters. The second kappa shape index (κ2) is 4.31. The molecule has 1 aromatic carbocycles.